The molecule has 0 fully saturated rings. The quantitative estimate of drug-likeness (QED) is 0.675. The molecule has 0 aliphatic rings. The van der Waals surface area contributed by atoms with E-state index in [0.29, 0.717) is 0 Å². The van der Waals surface area contributed by atoms with Crippen molar-refractivity contribution < 1.29 is 0 Å². The van der Waals surface area contributed by atoms with Gasteiger partial charge in [0.1, 0.15) is 0 Å². The summed E-state index contributed by atoms with van der Waals surface area (Å²) in [4.78, 5) is 4.18. The Balaban J connectivity index is 0. The molecule has 0 saturated heterocycles. The lowest BCUT2D eigenvalue weighted by Gasteiger charge is -1.96. The maximum Gasteiger partial charge on any atom is 0.0698 e. The summed E-state index contributed by atoms with van der Waals surface area (Å²) in [6.07, 6.45) is 7.52. The SMILES string of the molecule is C=Cc1cccnc1/C=C\C.CC.CC. The highest BCUT2D eigenvalue weighted by atomic mass is 14.7. The Morgan fingerprint density at radius 1 is 1.20 bits per heavy atom. The van der Waals surface area contributed by atoms with Crippen molar-refractivity contribution in [3.05, 3.63) is 42.2 Å². The summed E-state index contributed by atoms with van der Waals surface area (Å²) in [6, 6.07) is 3.90. The van der Waals surface area contributed by atoms with Crippen LogP contribution in [0.3, 0.4) is 0 Å². The first-order valence-electron chi connectivity index (χ1n) is 5.58. The summed E-state index contributed by atoms with van der Waals surface area (Å²) in [5.74, 6) is 0. The van der Waals surface area contributed by atoms with Gasteiger partial charge in [-0.2, -0.15) is 0 Å². The molecule has 0 unspecified atom stereocenters. The van der Waals surface area contributed by atoms with E-state index < -0.39 is 0 Å². The van der Waals surface area contributed by atoms with Crippen molar-refractivity contribution in [2.45, 2.75) is 34.6 Å². The standard InChI is InChI=1S/C10H11N.2C2H6/c1-3-6-10-9(4-2)7-5-8-11-10;2*1-2/h3-8H,2H2,1H3;2*1-2H3/b6-3-;;. The minimum atomic E-state index is 0.977. The van der Waals surface area contributed by atoms with Crippen molar-refractivity contribution in [3.63, 3.8) is 0 Å². The van der Waals surface area contributed by atoms with Crippen LogP contribution in [0.2, 0.25) is 0 Å². The lowest BCUT2D eigenvalue weighted by molar-refractivity contribution is 1.28. The van der Waals surface area contributed by atoms with Gasteiger partial charge in [-0.05, 0) is 24.6 Å². The Labute approximate surface area is 94.6 Å². The molecule has 0 spiro atoms. The van der Waals surface area contributed by atoms with Gasteiger partial charge in [0, 0.05) is 6.20 Å². The molecule has 0 N–H and O–H groups in total. The first kappa shape index (κ1) is 16.1. The predicted molar refractivity (Wildman–Crippen MR) is 71.7 cm³/mol. The number of allylic oxidation sites excluding steroid dienone is 1. The number of aromatic nitrogens is 1. The van der Waals surface area contributed by atoms with Crippen LogP contribution >= 0.6 is 0 Å². The normalized spacial score (nSPS) is 8.33. The van der Waals surface area contributed by atoms with Crippen molar-refractivity contribution in [1.82, 2.24) is 4.98 Å². The molecule has 0 aliphatic heterocycles. The molecule has 1 rings (SSSR count). The fraction of sp³-hybridized carbons (Fsp3) is 0.357. The summed E-state index contributed by atoms with van der Waals surface area (Å²) in [5.41, 5.74) is 2.05. The van der Waals surface area contributed by atoms with Crippen LogP contribution in [0.4, 0.5) is 0 Å². The second-order valence-electron chi connectivity index (χ2n) is 2.18. The molecule has 0 saturated carbocycles. The topological polar surface area (TPSA) is 12.9 Å². The monoisotopic (exact) mass is 205 g/mol. The lowest BCUT2D eigenvalue weighted by Crippen LogP contribution is -1.83. The van der Waals surface area contributed by atoms with Crippen LogP contribution in [0.1, 0.15) is 45.9 Å². The van der Waals surface area contributed by atoms with E-state index in [1.54, 1.807) is 6.20 Å². The zero-order valence-electron chi connectivity index (χ0n) is 10.6. The number of hydrogen-bond donors (Lipinski definition) is 0. The van der Waals surface area contributed by atoms with Gasteiger partial charge in [0.2, 0.25) is 0 Å². The van der Waals surface area contributed by atoms with Crippen molar-refractivity contribution in [1.29, 1.82) is 0 Å². The highest BCUT2D eigenvalue weighted by Gasteiger charge is 1.92. The van der Waals surface area contributed by atoms with E-state index in [4.69, 9.17) is 0 Å². The van der Waals surface area contributed by atoms with E-state index in [1.165, 1.54) is 0 Å². The number of rotatable bonds is 2. The molecule has 1 aromatic heterocycles. The minimum Gasteiger partial charge on any atom is -0.256 e. The van der Waals surface area contributed by atoms with Crippen LogP contribution in [0, 0.1) is 0 Å². The van der Waals surface area contributed by atoms with E-state index in [2.05, 4.69) is 11.6 Å². The van der Waals surface area contributed by atoms with Crippen LogP contribution in [0.15, 0.2) is 31.0 Å². The minimum absolute atomic E-state index is 0.977. The van der Waals surface area contributed by atoms with Crippen molar-refractivity contribution in [2.75, 3.05) is 0 Å². The molecule has 0 aliphatic carbocycles. The molecule has 1 nitrogen and oxygen atoms in total. The van der Waals surface area contributed by atoms with Crippen LogP contribution in [-0.4, -0.2) is 4.98 Å². The second kappa shape index (κ2) is 12.6. The maximum absolute atomic E-state index is 4.18. The molecule has 0 bridgehead atoms. The molecule has 15 heavy (non-hydrogen) atoms. The molecular formula is C14H23N. The molecule has 0 radical (unpaired) electrons. The Bertz CT molecular complexity index is 274. The molecule has 1 heteroatoms. The number of pyridine rings is 1. The van der Waals surface area contributed by atoms with Gasteiger partial charge in [-0.3, -0.25) is 4.98 Å². The molecule has 84 valence electrons. The number of hydrogen-bond acceptors (Lipinski definition) is 1. The van der Waals surface area contributed by atoms with Crippen LogP contribution < -0.4 is 0 Å². The first-order chi connectivity index (χ1) is 7.38. The second-order valence-corrected chi connectivity index (χ2v) is 2.18. The third-order valence-electron chi connectivity index (χ3n) is 1.42. The van der Waals surface area contributed by atoms with Gasteiger partial charge < -0.3 is 0 Å². The summed E-state index contributed by atoms with van der Waals surface area (Å²) < 4.78 is 0. The summed E-state index contributed by atoms with van der Waals surface area (Å²) >= 11 is 0. The Morgan fingerprint density at radius 2 is 1.80 bits per heavy atom. The van der Waals surface area contributed by atoms with Gasteiger partial charge in [0.25, 0.3) is 0 Å². The predicted octanol–water partition coefficient (Wildman–Crippen LogP) is 4.81. The summed E-state index contributed by atoms with van der Waals surface area (Å²) in [7, 11) is 0. The largest absolute Gasteiger partial charge is 0.256 e. The maximum atomic E-state index is 4.18. The van der Waals surface area contributed by atoms with Crippen LogP contribution in [0.5, 0.6) is 0 Å². The molecule has 0 atom stereocenters. The van der Waals surface area contributed by atoms with Gasteiger partial charge in [-0.15, -0.1) is 0 Å². The molecule has 1 heterocycles. The third-order valence-corrected chi connectivity index (χ3v) is 1.42. The van der Waals surface area contributed by atoms with Gasteiger partial charge in [0.05, 0.1) is 5.69 Å². The van der Waals surface area contributed by atoms with Gasteiger partial charge in [0.15, 0.2) is 0 Å². The Hall–Kier alpha value is -1.37. The zero-order valence-corrected chi connectivity index (χ0v) is 10.6. The van der Waals surface area contributed by atoms with E-state index in [-0.39, 0.29) is 0 Å². The molecule has 1 aromatic rings. The van der Waals surface area contributed by atoms with E-state index in [9.17, 15) is 0 Å². The first-order valence-corrected chi connectivity index (χ1v) is 5.58. The lowest BCUT2D eigenvalue weighted by atomic mass is 10.2. The average Bonchev–Trinajstić information content (AvgIpc) is 2.35. The van der Waals surface area contributed by atoms with Crippen LogP contribution in [-0.2, 0) is 0 Å². The van der Waals surface area contributed by atoms with Crippen molar-refractivity contribution in [2.24, 2.45) is 0 Å². The highest BCUT2D eigenvalue weighted by Crippen LogP contribution is 2.07. The smallest absolute Gasteiger partial charge is 0.0698 e. The van der Waals surface area contributed by atoms with Gasteiger partial charge >= 0.3 is 0 Å². The van der Waals surface area contributed by atoms with E-state index >= 15 is 0 Å². The molecule has 0 amide bonds. The Morgan fingerprint density at radius 3 is 2.27 bits per heavy atom. The van der Waals surface area contributed by atoms with Crippen molar-refractivity contribution >= 4 is 12.2 Å². The number of nitrogens with zero attached hydrogens (tertiary/aromatic N) is 1. The van der Waals surface area contributed by atoms with Gasteiger partial charge in [-0.1, -0.05) is 52.5 Å². The zero-order chi connectivity index (χ0) is 12.1. The highest BCUT2D eigenvalue weighted by molar-refractivity contribution is 5.60. The van der Waals surface area contributed by atoms with E-state index in [1.807, 2.05) is 65.0 Å². The summed E-state index contributed by atoms with van der Waals surface area (Å²) in [6.45, 7) is 13.7. The van der Waals surface area contributed by atoms with Gasteiger partial charge in [-0.25, -0.2) is 0 Å². The third kappa shape index (κ3) is 6.67. The fourth-order valence-corrected chi connectivity index (χ4v) is 0.900. The molecular weight excluding hydrogens is 182 g/mol. The van der Waals surface area contributed by atoms with Crippen LogP contribution in [0.25, 0.3) is 12.2 Å². The van der Waals surface area contributed by atoms with Crippen molar-refractivity contribution in [3.8, 4) is 0 Å². The van der Waals surface area contributed by atoms with E-state index in [0.717, 1.165) is 11.3 Å². The summed E-state index contributed by atoms with van der Waals surface area (Å²) in [5, 5.41) is 0. The average molecular weight is 205 g/mol. The fourth-order valence-electron chi connectivity index (χ4n) is 0.900. The Kier molecular flexibility index (Phi) is 13.5. The molecule has 0 aromatic carbocycles.